The van der Waals surface area contributed by atoms with Crippen LogP contribution >= 0.6 is 0 Å². The van der Waals surface area contributed by atoms with E-state index in [4.69, 9.17) is 4.74 Å². The second-order valence-corrected chi connectivity index (χ2v) is 6.04. The maximum Gasteiger partial charge on any atom is 0.322 e. The normalized spacial score (nSPS) is 21.3. The van der Waals surface area contributed by atoms with Gasteiger partial charge in [-0.05, 0) is 26.0 Å². The molecule has 2 heterocycles. The molecule has 3 rings (SSSR count). The van der Waals surface area contributed by atoms with Crippen LogP contribution < -0.4 is 5.32 Å². The number of benzene rings is 1. The van der Waals surface area contributed by atoms with E-state index < -0.39 is 0 Å². The van der Waals surface area contributed by atoms with Crippen molar-refractivity contribution < 1.29 is 9.53 Å². The fourth-order valence-corrected chi connectivity index (χ4v) is 2.93. The molecule has 0 spiro atoms. The average Bonchev–Trinajstić information content (AvgIpc) is 2.92. The van der Waals surface area contributed by atoms with Crippen LogP contribution in [0.25, 0.3) is 11.4 Å². The van der Waals surface area contributed by atoms with E-state index in [-0.39, 0.29) is 18.2 Å². The summed E-state index contributed by atoms with van der Waals surface area (Å²) in [6, 6.07) is 7.63. The number of urea groups is 1. The van der Waals surface area contributed by atoms with Gasteiger partial charge in [-0.25, -0.2) is 9.78 Å². The van der Waals surface area contributed by atoms with Gasteiger partial charge in [0, 0.05) is 43.8 Å². The molecule has 122 valence electrons. The summed E-state index contributed by atoms with van der Waals surface area (Å²) in [5.74, 6) is 0.870. The molecule has 2 atom stereocenters. The molecule has 1 aliphatic heterocycles. The van der Waals surface area contributed by atoms with Crippen LogP contribution in [-0.2, 0) is 11.8 Å². The summed E-state index contributed by atoms with van der Waals surface area (Å²) in [6.45, 7) is 5.18. The van der Waals surface area contributed by atoms with Gasteiger partial charge in [0.15, 0.2) is 0 Å². The van der Waals surface area contributed by atoms with Crippen molar-refractivity contribution in [3.05, 3.63) is 36.7 Å². The van der Waals surface area contributed by atoms with Crippen molar-refractivity contribution in [1.29, 1.82) is 0 Å². The molecule has 6 nitrogen and oxygen atoms in total. The molecule has 2 aromatic rings. The Hall–Kier alpha value is -2.34. The smallest absolute Gasteiger partial charge is 0.322 e. The summed E-state index contributed by atoms with van der Waals surface area (Å²) in [7, 11) is 1.95. The van der Waals surface area contributed by atoms with Crippen LogP contribution in [0.4, 0.5) is 10.5 Å². The van der Waals surface area contributed by atoms with Gasteiger partial charge < -0.3 is 19.5 Å². The highest BCUT2D eigenvalue weighted by Gasteiger charge is 2.25. The summed E-state index contributed by atoms with van der Waals surface area (Å²) in [4.78, 5) is 18.6. The summed E-state index contributed by atoms with van der Waals surface area (Å²) in [5, 5.41) is 2.97. The number of aromatic nitrogens is 2. The number of aryl methyl sites for hydroxylation is 1. The lowest BCUT2D eigenvalue weighted by Crippen LogP contribution is -2.49. The second-order valence-electron chi connectivity index (χ2n) is 6.04. The van der Waals surface area contributed by atoms with Crippen molar-refractivity contribution in [2.75, 3.05) is 18.4 Å². The first-order valence-corrected chi connectivity index (χ1v) is 7.82. The number of morpholine rings is 1. The number of carbonyl (C=O) groups excluding carboxylic acids is 1. The molecule has 1 aromatic carbocycles. The minimum absolute atomic E-state index is 0.0587. The number of carbonyl (C=O) groups is 1. The van der Waals surface area contributed by atoms with Crippen molar-refractivity contribution in [2.45, 2.75) is 26.1 Å². The van der Waals surface area contributed by atoms with E-state index in [0.29, 0.717) is 13.1 Å². The monoisotopic (exact) mass is 314 g/mol. The van der Waals surface area contributed by atoms with Crippen molar-refractivity contribution in [1.82, 2.24) is 14.5 Å². The number of nitrogens with zero attached hydrogens (tertiary/aromatic N) is 3. The predicted octanol–water partition coefficient (Wildman–Crippen LogP) is 2.73. The highest BCUT2D eigenvalue weighted by atomic mass is 16.5. The third-order valence-electron chi connectivity index (χ3n) is 3.90. The Kier molecular flexibility index (Phi) is 4.34. The molecule has 0 bridgehead atoms. The number of imidazole rings is 1. The zero-order valence-corrected chi connectivity index (χ0v) is 13.7. The summed E-state index contributed by atoms with van der Waals surface area (Å²) in [5.41, 5.74) is 1.74. The van der Waals surface area contributed by atoms with E-state index in [0.717, 1.165) is 17.1 Å². The minimum Gasteiger partial charge on any atom is -0.372 e. The van der Waals surface area contributed by atoms with E-state index in [1.165, 1.54) is 0 Å². The van der Waals surface area contributed by atoms with Crippen LogP contribution in [0.3, 0.4) is 0 Å². The van der Waals surface area contributed by atoms with E-state index in [2.05, 4.69) is 10.3 Å². The zero-order valence-electron chi connectivity index (χ0n) is 13.7. The Morgan fingerprint density at radius 3 is 2.70 bits per heavy atom. The Morgan fingerprint density at radius 2 is 2.04 bits per heavy atom. The first-order chi connectivity index (χ1) is 11.0. The van der Waals surface area contributed by atoms with Gasteiger partial charge in [-0.3, -0.25) is 0 Å². The lowest BCUT2D eigenvalue weighted by molar-refractivity contribution is -0.0530. The lowest BCUT2D eigenvalue weighted by atomic mass is 10.2. The lowest BCUT2D eigenvalue weighted by Gasteiger charge is -2.35. The molecule has 1 fully saturated rings. The van der Waals surface area contributed by atoms with E-state index >= 15 is 0 Å². The molecule has 0 aliphatic carbocycles. The van der Waals surface area contributed by atoms with E-state index in [9.17, 15) is 4.79 Å². The van der Waals surface area contributed by atoms with Crippen LogP contribution in [0.15, 0.2) is 36.7 Å². The fraction of sp³-hybridized carbons (Fsp3) is 0.412. The average molecular weight is 314 g/mol. The molecule has 0 radical (unpaired) electrons. The molecule has 0 unspecified atom stereocenters. The van der Waals surface area contributed by atoms with Crippen LogP contribution in [0.5, 0.6) is 0 Å². The maximum absolute atomic E-state index is 12.5. The number of hydrogen-bond donors (Lipinski definition) is 1. The summed E-state index contributed by atoms with van der Waals surface area (Å²) in [6.07, 6.45) is 3.78. The van der Waals surface area contributed by atoms with E-state index in [1.54, 1.807) is 11.1 Å². The molecule has 23 heavy (non-hydrogen) atoms. The highest BCUT2D eigenvalue weighted by Crippen LogP contribution is 2.21. The van der Waals surface area contributed by atoms with E-state index in [1.807, 2.05) is 55.9 Å². The first kappa shape index (κ1) is 15.6. The topological polar surface area (TPSA) is 59.4 Å². The molecule has 6 heteroatoms. The minimum atomic E-state index is -0.0935. The van der Waals surface area contributed by atoms with Crippen LogP contribution in [0.1, 0.15) is 13.8 Å². The predicted molar refractivity (Wildman–Crippen MR) is 89.2 cm³/mol. The Labute approximate surface area is 136 Å². The highest BCUT2D eigenvalue weighted by molar-refractivity contribution is 5.90. The van der Waals surface area contributed by atoms with Gasteiger partial charge in [-0.15, -0.1) is 0 Å². The van der Waals surface area contributed by atoms with Crippen molar-refractivity contribution in [3.8, 4) is 11.4 Å². The van der Waals surface area contributed by atoms with Crippen LogP contribution in [0.2, 0.25) is 0 Å². The Morgan fingerprint density at radius 1 is 1.30 bits per heavy atom. The van der Waals surface area contributed by atoms with Gasteiger partial charge in [-0.1, -0.05) is 12.1 Å². The molecular weight excluding hydrogens is 292 g/mol. The summed E-state index contributed by atoms with van der Waals surface area (Å²) >= 11 is 0. The molecule has 1 aromatic heterocycles. The first-order valence-electron chi connectivity index (χ1n) is 7.82. The fourth-order valence-electron chi connectivity index (χ4n) is 2.93. The molecular formula is C17H22N4O2. The Balaban J connectivity index is 1.73. The SMILES string of the molecule is C[C@@H]1CN(C(=O)Nc2cccc(-c3nccn3C)c2)C[C@@H](C)O1. The zero-order chi connectivity index (χ0) is 16.4. The third-order valence-corrected chi connectivity index (χ3v) is 3.90. The molecule has 1 saturated heterocycles. The number of amides is 2. The van der Waals surface area contributed by atoms with Crippen LogP contribution in [0, 0.1) is 0 Å². The molecule has 1 aliphatic rings. The molecule has 2 amide bonds. The molecule has 1 N–H and O–H groups in total. The van der Waals surface area contributed by atoms with Crippen molar-refractivity contribution in [3.63, 3.8) is 0 Å². The van der Waals surface area contributed by atoms with Crippen LogP contribution in [-0.4, -0.2) is 45.8 Å². The molecule has 0 saturated carbocycles. The van der Waals surface area contributed by atoms with Crippen molar-refractivity contribution >= 4 is 11.7 Å². The van der Waals surface area contributed by atoms with Gasteiger partial charge in [-0.2, -0.15) is 0 Å². The number of anilines is 1. The number of ether oxygens (including phenoxy) is 1. The van der Waals surface area contributed by atoms with Gasteiger partial charge in [0.05, 0.1) is 12.2 Å². The third kappa shape index (κ3) is 3.53. The van der Waals surface area contributed by atoms with Crippen molar-refractivity contribution in [2.24, 2.45) is 7.05 Å². The Bertz CT molecular complexity index is 687. The number of rotatable bonds is 2. The maximum atomic E-state index is 12.5. The van der Waals surface area contributed by atoms with Gasteiger partial charge >= 0.3 is 6.03 Å². The number of nitrogens with one attached hydrogen (secondary N) is 1. The quantitative estimate of drug-likeness (QED) is 0.927. The summed E-state index contributed by atoms with van der Waals surface area (Å²) < 4.78 is 7.62. The number of hydrogen-bond acceptors (Lipinski definition) is 3. The second kappa shape index (κ2) is 6.42. The van der Waals surface area contributed by atoms with Gasteiger partial charge in [0.1, 0.15) is 5.82 Å². The van der Waals surface area contributed by atoms with Gasteiger partial charge in [0.25, 0.3) is 0 Å². The standard InChI is InChI=1S/C17H22N4O2/c1-12-10-21(11-13(2)23-12)17(22)19-15-6-4-5-14(9-15)16-18-7-8-20(16)3/h4-9,12-13H,10-11H2,1-3H3,(H,19,22)/t12-,13-/m1/s1. The van der Waals surface area contributed by atoms with Gasteiger partial charge in [0.2, 0.25) is 0 Å². The largest absolute Gasteiger partial charge is 0.372 e.